The fourth-order valence-corrected chi connectivity index (χ4v) is 2.91. The van der Waals surface area contributed by atoms with Gasteiger partial charge in [0.1, 0.15) is 12.2 Å². The average Bonchev–Trinajstić information content (AvgIpc) is 2.69. The van der Waals surface area contributed by atoms with Crippen LogP contribution in [0.2, 0.25) is 0 Å². The van der Waals surface area contributed by atoms with Crippen molar-refractivity contribution in [3.63, 3.8) is 0 Å². The number of para-hydroxylation sites is 2. The number of hydrogen-bond acceptors (Lipinski definition) is 5. The molecule has 2 aromatic carbocycles. The van der Waals surface area contributed by atoms with Crippen LogP contribution in [0.5, 0.6) is 5.75 Å². The number of anilines is 3. The molecule has 7 nitrogen and oxygen atoms in total. The molecule has 1 heterocycles. The fourth-order valence-electron chi connectivity index (χ4n) is 2.91. The lowest BCUT2D eigenvalue weighted by Crippen LogP contribution is -2.36. The number of hydrogen-bond donors (Lipinski definition) is 2. The molecule has 0 aromatic heterocycles. The van der Waals surface area contributed by atoms with Crippen LogP contribution in [0.1, 0.15) is 6.42 Å². The molecule has 0 saturated carbocycles. The highest BCUT2D eigenvalue weighted by Gasteiger charge is 2.17. The standard InChI is InChI=1S/C20H23N3O4/c1-26-16-6-4-5-15(13-16)21-19(24)14-20(25)22-17-7-2-3-8-18(17)23-9-11-27-12-10-23/h2-8,13H,9-12,14H2,1H3,(H,21,24)(H,22,25). The molecule has 3 rings (SSSR count). The van der Waals surface area contributed by atoms with Crippen molar-refractivity contribution in [1.82, 2.24) is 0 Å². The molecule has 27 heavy (non-hydrogen) atoms. The van der Waals surface area contributed by atoms with Crippen LogP contribution >= 0.6 is 0 Å². The Bertz CT molecular complexity index is 803. The van der Waals surface area contributed by atoms with Crippen LogP contribution in [-0.4, -0.2) is 45.2 Å². The molecule has 7 heteroatoms. The zero-order valence-electron chi connectivity index (χ0n) is 15.2. The van der Waals surface area contributed by atoms with E-state index in [2.05, 4.69) is 15.5 Å². The van der Waals surface area contributed by atoms with Crippen molar-refractivity contribution in [1.29, 1.82) is 0 Å². The van der Waals surface area contributed by atoms with Gasteiger partial charge in [-0.3, -0.25) is 9.59 Å². The van der Waals surface area contributed by atoms with Crippen LogP contribution in [-0.2, 0) is 14.3 Å². The average molecular weight is 369 g/mol. The molecule has 1 fully saturated rings. The number of benzene rings is 2. The van der Waals surface area contributed by atoms with Gasteiger partial charge in [0, 0.05) is 24.8 Å². The highest BCUT2D eigenvalue weighted by atomic mass is 16.5. The Labute approximate surface area is 158 Å². The van der Waals surface area contributed by atoms with E-state index in [1.54, 1.807) is 31.4 Å². The number of nitrogens with zero attached hydrogens (tertiary/aromatic N) is 1. The molecule has 142 valence electrons. The second-order valence-electron chi connectivity index (χ2n) is 6.12. The summed E-state index contributed by atoms with van der Waals surface area (Å²) in [5.41, 5.74) is 2.21. The minimum atomic E-state index is -0.385. The summed E-state index contributed by atoms with van der Waals surface area (Å²) in [6.45, 7) is 2.85. The van der Waals surface area contributed by atoms with E-state index in [1.807, 2.05) is 24.3 Å². The molecule has 1 saturated heterocycles. The quantitative estimate of drug-likeness (QED) is 0.765. The minimum absolute atomic E-state index is 0.269. The summed E-state index contributed by atoms with van der Waals surface area (Å²) in [6.07, 6.45) is -0.269. The van der Waals surface area contributed by atoms with Crippen molar-refractivity contribution >= 4 is 28.9 Å². The molecule has 1 aliphatic rings. The van der Waals surface area contributed by atoms with E-state index in [4.69, 9.17) is 9.47 Å². The number of morpholine rings is 1. The van der Waals surface area contributed by atoms with Crippen LogP contribution in [0.4, 0.5) is 17.1 Å². The summed E-state index contributed by atoms with van der Waals surface area (Å²) in [7, 11) is 1.56. The maximum atomic E-state index is 12.3. The highest BCUT2D eigenvalue weighted by molar-refractivity contribution is 6.09. The molecule has 2 N–H and O–H groups in total. The summed E-state index contributed by atoms with van der Waals surface area (Å²) in [6, 6.07) is 14.6. The first-order valence-electron chi connectivity index (χ1n) is 8.81. The smallest absolute Gasteiger partial charge is 0.233 e. The predicted molar refractivity (Wildman–Crippen MR) is 104 cm³/mol. The van der Waals surface area contributed by atoms with Gasteiger partial charge in [0.05, 0.1) is 31.7 Å². The normalized spacial score (nSPS) is 13.7. The molecule has 0 aliphatic carbocycles. The molecular weight excluding hydrogens is 346 g/mol. The number of carbonyl (C=O) groups is 2. The summed E-state index contributed by atoms with van der Waals surface area (Å²) in [5, 5.41) is 5.54. The summed E-state index contributed by atoms with van der Waals surface area (Å²) >= 11 is 0. The van der Waals surface area contributed by atoms with E-state index in [0.29, 0.717) is 30.3 Å². The van der Waals surface area contributed by atoms with Crippen LogP contribution in [0.15, 0.2) is 48.5 Å². The zero-order chi connectivity index (χ0) is 19.1. The Kier molecular flexibility index (Phi) is 6.27. The molecule has 0 unspecified atom stereocenters. The monoisotopic (exact) mass is 369 g/mol. The third kappa shape index (κ3) is 5.21. The van der Waals surface area contributed by atoms with Gasteiger partial charge in [-0.1, -0.05) is 18.2 Å². The minimum Gasteiger partial charge on any atom is -0.497 e. The first-order valence-corrected chi connectivity index (χ1v) is 8.81. The Morgan fingerprint density at radius 3 is 2.56 bits per heavy atom. The Balaban J connectivity index is 1.59. The zero-order valence-corrected chi connectivity index (χ0v) is 15.2. The topological polar surface area (TPSA) is 79.9 Å². The van der Waals surface area contributed by atoms with Crippen molar-refractivity contribution in [2.24, 2.45) is 0 Å². The number of amides is 2. The predicted octanol–water partition coefficient (Wildman–Crippen LogP) is 2.50. The SMILES string of the molecule is COc1cccc(NC(=O)CC(=O)Nc2ccccc2N2CCOCC2)c1. The van der Waals surface area contributed by atoms with Crippen molar-refractivity contribution in [2.75, 3.05) is 48.9 Å². The summed E-state index contributed by atoms with van der Waals surface area (Å²) in [5.74, 6) is -0.114. The van der Waals surface area contributed by atoms with Gasteiger partial charge in [-0.25, -0.2) is 0 Å². The Morgan fingerprint density at radius 1 is 1.04 bits per heavy atom. The molecule has 2 aromatic rings. The maximum absolute atomic E-state index is 12.3. The van der Waals surface area contributed by atoms with E-state index in [1.165, 1.54) is 0 Å². The van der Waals surface area contributed by atoms with E-state index >= 15 is 0 Å². The largest absolute Gasteiger partial charge is 0.497 e. The van der Waals surface area contributed by atoms with Crippen molar-refractivity contribution < 1.29 is 19.1 Å². The van der Waals surface area contributed by atoms with Gasteiger partial charge in [0.2, 0.25) is 11.8 Å². The number of carbonyl (C=O) groups excluding carboxylic acids is 2. The van der Waals surface area contributed by atoms with Crippen LogP contribution < -0.4 is 20.3 Å². The molecule has 0 atom stereocenters. The van der Waals surface area contributed by atoms with Crippen molar-refractivity contribution in [3.05, 3.63) is 48.5 Å². The van der Waals surface area contributed by atoms with Gasteiger partial charge < -0.3 is 25.0 Å². The van der Waals surface area contributed by atoms with Gasteiger partial charge in [-0.15, -0.1) is 0 Å². The number of nitrogens with one attached hydrogen (secondary N) is 2. The third-order valence-corrected chi connectivity index (χ3v) is 4.20. The number of ether oxygens (including phenoxy) is 2. The number of methoxy groups -OCH3 is 1. The first-order chi connectivity index (χ1) is 13.2. The Morgan fingerprint density at radius 2 is 1.78 bits per heavy atom. The third-order valence-electron chi connectivity index (χ3n) is 4.20. The van der Waals surface area contributed by atoms with Crippen molar-refractivity contribution in [2.45, 2.75) is 6.42 Å². The molecule has 2 amide bonds. The van der Waals surface area contributed by atoms with Gasteiger partial charge in [0.25, 0.3) is 0 Å². The molecule has 1 aliphatic heterocycles. The molecule has 0 spiro atoms. The molecule has 0 radical (unpaired) electrons. The van der Waals surface area contributed by atoms with E-state index in [9.17, 15) is 9.59 Å². The molecular formula is C20H23N3O4. The molecule has 0 bridgehead atoms. The second kappa shape index (κ2) is 9.05. The lowest BCUT2D eigenvalue weighted by molar-refractivity contribution is -0.123. The first kappa shape index (κ1) is 18.7. The van der Waals surface area contributed by atoms with Crippen LogP contribution in [0.3, 0.4) is 0 Å². The van der Waals surface area contributed by atoms with Gasteiger partial charge in [-0.2, -0.15) is 0 Å². The van der Waals surface area contributed by atoms with E-state index in [-0.39, 0.29) is 18.2 Å². The summed E-state index contributed by atoms with van der Waals surface area (Å²) in [4.78, 5) is 26.7. The maximum Gasteiger partial charge on any atom is 0.233 e. The van der Waals surface area contributed by atoms with Gasteiger partial charge >= 0.3 is 0 Å². The van der Waals surface area contributed by atoms with Crippen LogP contribution in [0, 0.1) is 0 Å². The Hall–Kier alpha value is -3.06. The highest BCUT2D eigenvalue weighted by Crippen LogP contribution is 2.26. The number of rotatable bonds is 6. The van der Waals surface area contributed by atoms with E-state index < -0.39 is 0 Å². The fraction of sp³-hybridized carbons (Fsp3) is 0.300. The van der Waals surface area contributed by atoms with Crippen LogP contribution in [0.25, 0.3) is 0 Å². The lowest BCUT2D eigenvalue weighted by Gasteiger charge is -2.30. The van der Waals surface area contributed by atoms with Gasteiger partial charge in [0.15, 0.2) is 0 Å². The summed E-state index contributed by atoms with van der Waals surface area (Å²) < 4.78 is 10.5. The second-order valence-corrected chi connectivity index (χ2v) is 6.12. The van der Waals surface area contributed by atoms with E-state index in [0.717, 1.165) is 18.8 Å². The van der Waals surface area contributed by atoms with Crippen molar-refractivity contribution in [3.8, 4) is 5.75 Å². The van der Waals surface area contributed by atoms with Gasteiger partial charge in [-0.05, 0) is 24.3 Å². The lowest BCUT2D eigenvalue weighted by atomic mass is 10.2.